The Morgan fingerprint density at radius 3 is 2.63 bits per heavy atom. The summed E-state index contributed by atoms with van der Waals surface area (Å²) in [4.78, 5) is 22.7. The van der Waals surface area contributed by atoms with Gasteiger partial charge >= 0.3 is 0 Å². The van der Waals surface area contributed by atoms with E-state index in [-0.39, 0.29) is 24.3 Å². The van der Waals surface area contributed by atoms with Gasteiger partial charge in [-0.3, -0.25) is 4.79 Å². The van der Waals surface area contributed by atoms with Gasteiger partial charge in [-0.15, -0.1) is 0 Å². The summed E-state index contributed by atoms with van der Waals surface area (Å²) in [6.45, 7) is -0.239. The SMILES string of the molecule is CN(C)C(=O)[C@H]1C[C@@H]1c1ccc(-c2ncn(CCF)c2Sc2ccc(Cl)cn2)cc1. The zero-order valence-corrected chi connectivity index (χ0v) is 18.3. The number of aromatic nitrogens is 3. The molecule has 1 aliphatic rings. The summed E-state index contributed by atoms with van der Waals surface area (Å²) in [7, 11) is 3.59. The van der Waals surface area contributed by atoms with E-state index in [2.05, 4.69) is 22.1 Å². The van der Waals surface area contributed by atoms with Gasteiger partial charge in [0.1, 0.15) is 22.4 Å². The minimum atomic E-state index is -0.473. The largest absolute Gasteiger partial charge is 0.349 e. The number of alkyl halides is 1. The van der Waals surface area contributed by atoms with Crippen LogP contribution in [0.25, 0.3) is 11.3 Å². The Labute approximate surface area is 184 Å². The number of hydrogen-bond acceptors (Lipinski definition) is 4. The van der Waals surface area contributed by atoms with Crippen LogP contribution in [0.3, 0.4) is 0 Å². The van der Waals surface area contributed by atoms with Crippen LogP contribution in [0.2, 0.25) is 5.02 Å². The maximum Gasteiger partial charge on any atom is 0.225 e. The van der Waals surface area contributed by atoms with Gasteiger partial charge in [0, 0.05) is 31.8 Å². The van der Waals surface area contributed by atoms with Gasteiger partial charge in [-0.25, -0.2) is 14.4 Å². The lowest BCUT2D eigenvalue weighted by atomic mass is 10.0. The average Bonchev–Trinajstić information content (AvgIpc) is 3.45. The van der Waals surface area contributed by atoms with Crippen LogP contribution < -0.4 is 0 Å². The molecule has 30 heavy (non-hydrogen) atoms. The number of hydrogen-bond donors (Lipinski definition) is 0. The Morgan fingerprint density at radius 2 is 2.00 bits per heavy atom. The van der Waals surface area contributed by atoms with Crippen LogP contribution in [0, 0.1) is 5.92 Å². The number of nitrogens with zero attached hydrogens (tertiary/aromatic N) is 4. The molecule has 0 unspecified atom stereocenters. The molecule has 3 aromatic rings. The lowest BCUT2D eigenvalue weighted by molar-refractivity contribution is -0.130. The minimum absolute atomic E-state index is 0.0803. The number of carbonyl (C=O) groups excluding carboxylic acids is 1. The Balaban J connectivity index is 1.58. The van der Waals surface area contributed by atoms with Gasteiger partial charge in [-0.05, 0) is 41.8 Å². The van der Waals surface area contributed by atoms with E-state index < -0.39 is 6.67 Å². The summed E-state index contributed by atoms with van der Waals surface area (Å²) < 4.78 is 14.9. The van der Waals surface area contributed by atoms with Crippen LogP contribution >= 0.6 is 23.4 Å². The fourth-order valence-corrected chi connectivity index (χ4v) is 4.58. The second-order valence-corrected chi connectivity index (χ2v) is 8.95. The van der Waals surface area contributed by atoms with Crippen LogP contribution in [-0.2, 0) is 11.3 Å². The minimum Gasteiger partial charge on any atom is -0.349 e. The highest BCUT2D eigenvalue weighted by Gasteiger charge is 2.44. The molecule has 2 heterocycles. The highest BCUT2D eigenvalue weighted by Crippen LogP contribution is 2.48. The molecule has 5 nitrogen and oxygen atoms in total. The number of rotatable bonds is 7. The first kappa shape index (κ1) is 20.9. The van der Waals surface area contributed by atoms with Crippen LogP contribution in [-0.4, -0.2) is 46.1 Å². The molecule has 2 atom stereocenters. The van der Waals surface area contributed by atoms with Gasteiger partial charge in [0.05, 0.1) is 17.9 Å². The predicted molar refractivity (Wildman–Crippen MR) is 117 cm³/mol. The van der Waals surface area contributed by atoms with Gasteiger partial charge in [0.25, 0.3) is 0 Å². The lowest BCUT2D eigenvalue weighted by Gasteiger charge is -2.10. The molecular formula is C22H22ClFN4OS. The van der Waals surface area contributed by atoms with E-state index in [1.54, 1.807) is 42.2 Å². The summed E-state index contributed by atoms with van der Waals surface area (Å²) in [5.41, 5.74) is 2.90. The first-order valence-electron chi connectivity index (χ1n) is 9.70. The van der Waals surface area contributed by atoms with Gasteiger partial charge in [0.2, 0.25) is 5.91 Å². The smallest absolute Gasteiger partial charge is 0.225 e. The first-order chi connectivity index (χ1) is 14.5. The number of amides is 1. The average molecular weight is 445 g/mol. The first-order valence-corrected chi connectivity index (χ1v) is 10.9. The van der Waals surface area contributed by atoms with Crippen molar-refractivity contribution in [2.45, 2.75) is 28.9 Å². The number of benzene rings is 1. The molecule has 0 bridgehead atoms. The highest BCUT2D eigenvalue weighted by atomic mass is 35.5. The highest BCUT2D eigenvalue weighted by molar-refractivity contribution is 7.99. The molecule has 1 aliphatic carbocycles. The number of halogens is 2. The van der Waals surface area contributed by atoms with Gasteiger partial charge in [-0.1, -0.05) is 35.9 Å². The third kappa shape index (κ3) is 4.37. The normalized spacial score (nSPS) is 17.7. The second kappa shape index (κ2) is 8.78. The van der Waals surface area contributed by atoms with Crippen LogP contribution in [0.4, 0.5) is 4.39 Å². The van der Waals surface area contributed by atoms with E-state index in [4.69, 9.17) is 11.6 Å². The molecule has 156 valence electrons. The van der Waals surface area contributed by atoms with Crippen molar-refractivity contribution < 1.29 is 9.18 Å². The van der Waals surface area contributed by atoms with E-state index in [1.807, 2.05) is 18.2 Å². The zero-order valence-electron chi connectivity index (χ0n) is 16.8. The Bertz CT molecular complexity index is 1040. The summed E-state index contributed by atoms with van der Waals surface area (Å²) in [6, 6.07) is 11.8. The number of aryl methyl sites for hydroxylation is 1. The molecule has 1 fully saturated rings. The standard InChI is InChI=1S/C22H22ClFN4OS/c1-27(2)21(29)18-11-17(18)14-3-5-15(6-4-14)20-22(28(10-9-24)13-26-20)30-19-8-7-16(23)12-25-19/h3-8,12-13,17-18H,9-11H2,1-2H3/t17-,18+/m1/s1. The topological polar surface area (TPSA) is 51.0 Å². The second-order valence-electron chi connectivity index (χ2n) is 7.50. The van der Waals surface area contributed by atoms with E-state index >= 15 is 0 Å². The molecule has 0 N–H and O–H groups in total. The van der Waals surface area contributed by atoms with Gasteiger partial charge in [0.15, 0.2) is 0 Å². The fraction of sp³-hybridized carbons (Fsp3) is 0.318. The van der Waals surface area contributed by atoms with Crippen molar-refractivity contribution in [2.24, 2.45) is 5.92 Å². The number of imidazole rings is 1. The molecule has 4 rings (SSSR count). The molecule has 0 aliphatic heterocycles. The molecule has 1 aromatic carbocycles. The fourth-order valence-electron chi connectivity index (χ4n) is 3.50. The molecular weight excluding hydrogens is 423 g/mol. The predicted octanol–water partition coefficient (Wildman–Crippen LogP) is 4.91. The Kier molecular flexibility index (Phi) is 6.11. The van der Waals surface area contributed by atoms with E-state index in [0.717, 1.165) is 33.3 Å². The van der Waals surface area contributed by atoms with Crippen LogP contribution in [0.15, 0.2) is 59.0 Å². The molecule has 1 amide bonds. The zero-order chi connectivity index (χ0) is 21.3. The van der Waals surface area contributed by atoms with Crippen molar-refractivity contribution in [3.8, 4) is 11.3 Å². The lowest BCUT2D eigenvalue weighted by Crippen LogP contribution is -2.23. The Morgan fingerprint density at radius 1 is 1.23 bits per heavy atom. The summed E-state index contributed by atoms with van der Waals surface area (Å²) >= 11 is 7.37. The third-order valence-corrected chi connectivity index (χ3v) is 6.47. The molecule has 8 heteroatoms. The van der Waals surface area contributed by atoms with Crippen LogP contribution in [0.1, 0.15) is 17.9 Å². The van der Waals surface area contributed by atoms with Crippen molar-refractivity contribution in [3.63, 3.8) is 0 Å². The Hall–Kier alpha value is -2.38. The van der Waals surface area contributed by atoms with E-state index in [9.17, 15) is 9.18 Å². The maximum atomic E-state index is 13.0. The maximum absolute atomic E-state index is 13.0. The number of pyridine rings is 1. The van der Waals surface area contributed by atoms with Crippen molar-refractivity contribution >= 4 is 29.3 Å². The summed E-state index contributed by atoms with van der Waals surface area (Å²) in [5.74, 6) is 0.546. The summed E-state index contributed by atoms with van der Waals surface area (Å²) in [6.07, 6.45) is 4.15. The van der Waals surface area contributed by atoms with Gasteiger partial charge in [-0.2, -0.15) is 0 Å². The summed E-state index contributed by atoms with van der Waals surface area (Å²) in [5, 5.41) is 2.17. The molecule has 0 spiro atoms. The molecule has 0 saturated heterocycles. The molecule has 1 saturated carbocycles. The van der Waals surface area contributed by atoms with Crippen molar-refractivity contribution in [1.29, 1.82) is 0 Å². The van der Waals surface area contributed by atoms with Crippen molar-refractivity contribution in [3.05, 3.63) is 59.5 Å². The van der Waals surface area contributed by atoms with Crippen molar-refractivity contribution in [1.82, 2.24) is 19.4 Å². The quantitative estimate of drug-likeness (QED) is 0.519. The van der Waals surface area contributed by atoms with Gasteiger partial charge < -0.3 is 9.47 Å². The molecule has 2 aromatic heterocycles. The van der Waals surface area contributed by atoms with Crippen LogP contribution in [0.5, 0.6) is 0 Å². The number of carbonyl (C=O) groups is 1. The molecule has 0 radical (unpaired) electrons. The van der Waals surface area contributed by atoms with E-state index in [0.29, 0.717) is 5.02 Å². The van der Waals surface area contributed by atoms with E-state index in [1.165, 1.54) is 11.8 Å². The third-order valence-electron chi connectivity index (χ3n) is 5.18. The van der Waals surface area contributed by atoms with Crippen molar-refractivity contribution in [2.75, 3.05) is 20.8 Å². The monoisotopic (exact) mass is 444 g/mol.